The second-order valence-corrected chi connectivity index (χ2v) is 7.62. The van der Waals surface area contributed by atoms with E-state index in [-0.39, 0.29) is 16.8 Å². The SMILES string of the molecule is CC1CN(S(=O)(=O)Cc2cccc(C(N)=S)c2)CCCO1. The van der Waals surface area contributed by atoms with Gasteiger partial charge < -0.3 is 10.5 Å². The van der Waals surface area contributed by atoms with Gasteiger partial charge in [0.1, 0.15) is 4.99 Å². The lowest BCUT2D eigenvalue weighted by Gasteiger charge is -2.21. The van der Waals surface area contributed by atoms with Crippen LogP contribution in [0.2, 0.25) is 0 Å². The molecule has 0 aromatic heterocycles. The van der Waals surface area contributed by atoms with Gasteiger partial charge in [-0.05, 0) is 25.0 Å². The molecular formula is C14H20N2O3S2. The zero-order valence-electron chi connectivity index (χ0n) is 12.0. The first-order valence-electron chi connectivity index (χ1n) is 6.86. The molecule has 1 aliphatic heterocycles. The number of sulfonamides is 1. The van der Waals surface area contributed by atoms with Crippen LogP contribution in [0.1, 0.15) is 24.5 Å². The highest BCUT2D eigenvalue weighted by Gasteiger charge is 2.26. The van der Waals surface area contributed by atoms with Gasteiger partial charge in [0.25, 0.3) is 0 Å². The molecule has 0 amide bonds. The Kier molecular flexibility index (Phi) is 5.32. The fourth-order valence-electron chi connectivity index (χ4n) is 2.33. The maximum atomic E-state index is 12.5. The fourth-order valence-corrected chi connectivity index (χ4v) is 4.08. The van der Waals surface area contributed by atoms with Crippen molar-refractivity contribution in [2.45, 2.75) is 25.2 Å². The molecule has 1 unspecified atom stereocenters. The van der Waals surface area contributed by atoms with Crippen molar-refractivity contribution in [1.82, 2.24) is 4.31 Å². The molecule has 0 bridgehead atoms. The van der Waals surface area contributed by atoms with E-state index < -0.39 is 10.0 Å². The van der Waals surface area contributed by atoms with Crippen molar-refractivity contribution in [2.24, 2.45) is 5.73 Å². The van der Waals surface area contributed by atoms with E-state index in [9.17, 15) is 8.42 Å². The van der Waals surface area contributed by atoms with Gasteiger partial charge in [-0.3, -0.25) is 0 Å². The summed E-state index contributed by atoms with van der Waals surface area (Å²) in [7, 11) is -3.37. The lowest BCUT2D eigenvalue weighted by Crippen LogP contribution is -2.36. The van der Waals surface area contributed by atoms with Crippen LogP contribution < -0.4 is 5.73 Å². The van der Waals surface area contributed by atoms with Gasteiger partial charge in [-0.2, -0.15) is 4.31 Å². The first kappa shape index (κ1) is 16.4. The van der Waals surface area contributed by atoms with Gasteiger partial charge in [0, 0.05) is 25.3 Å². The van der Waals surface area contributed by atoms with Crippen LogP contribution in [0.15, 0.2) is 24.3 Å². The van der Waals surface area contributed by atoms with E-state index >= 15 is 0 Å². The quantitative estimate of drug-likeness (QED) is 0.843. The van der Waals surface area contributed by atoms with Gasteiger partial charge >= 0.3 is 0 Å². The molecule has 0 aliphatic carbocycles. The summed E-state index contributed by atoms with van der Waals surface area (Å²) in [5.74, 6) is -0.0455. The molecule has 1 aromatic carbocycles. The third kappa shape index (κ3) is 4.47. The second kappa shape index (κ2) is 6.83. The van der Waals surface area contributed by atoms with Crippen LogP contribution in [0.25, 0.3) is 0 Å². The molecule has 2 N–H and O–H groups in total. The number of nitrogens with zero attached hydrogens (tertiary/aromatic N) is 1. The third-order valence-corrected chi connectivity index (χ3v) is 5.42. The highest BCUT2D eigenvalue weighted by molar-refractivity contribution is 7.88. The van der Waals surface area contributed by atoms with E-state index in [0.717, 1.165) is 6.42 Å². The lowest BCUT2D eigenvalue weighted by molar-refractivity contribution is 0.0752. The molecule has 1 saturated heterocycles. The Hall–Kier alpha value is -1.02. The molecule has 1 heterocycles. The van der Waals surface area contributed by atoms with Crippen LogP contribution in [0.4, 0.5) is 0 Å². The number of benzene rings is 1. The maximum absolute atomic E-state index is 12.5. The Morgan fingerprint density at radius 1 is 1.52 bits per heavy atom. The summed E-state index contributed by atoms with van der Waals surface area (Å²) < 4.78 is 32.1. The van der Waals surface area contributed by atoms with E-state index in [4.69, 9.17) is 22.7 Å². The number of nitrogens with two attached hydrogens (primary N) is 1. The van der Waals surface area contributed by atoms with Gasteiger partial charge in [0.05, 0.1) is 11.9 Å². The van der Waals surface area contributed by atoms with Crippen molar-refractivity contribution in [3.63, 3.8) is 0 Å². The molecule has 5 nitrogen and oxygen atoms in total. The summed E-state index contributed by atoms with van der Waals surface area (Å²) in [6, 6.07) is 7.06. The fraction of sp³-hybridized carbons (Fsp3) is 0.500. The van der Waals surface area contributed by atoms with Gasteiger partial charge in [-0.15, -0.1) is 0 Å². The predicted molar refractivity (Wildman–Crippen MR) is 86.6 cm³/mol. The molecule has 116 valence electrons. The molecule has 0 radical (unpaired) electrons. The van der Waals surface area contributed by atoms with Crippen LogP contribution in [0.5, 0.6) is 0 Å². The molecule has 0 saturated carbocycles. The molecular weight excluding hydrogens is 308 g/mol. The predicted octanol–water partition coefficient (Wildman–Crippen LogP) is 1.26. The summed E-state index contributed by atoms with van der Waals surface area (Å²) in [6.45, 7) is 3.39. The summed E-state index contributed by atoms with van der Waals surface area (Å²) in [4.78, 5) is 0.269. The summed E-state index contributed by atoms with van der Waals surface area (Å²) in [5, 5.41) is 0. The van der Waals surface area contributed by atoms with Crippen LogP contribution in [0.3, 0.4) is 0 Å². The molecule has 21 heavy (non-hydrogen) atoms. The number of ether oxygens (including phenoxy) is 1. The van der Waals surface area contributed by atoms with Crippen LogP contribution in [-0.2, 0) is 20.5 Å². The Bertz CT molecular complexity index is 616. The van der Waals surface area contributed by atoms with E-state index in [1.807, 2.05) is 6.92 Å². The van der Waals surface area contributed by atoms with Gasteiger partial charge in [-0.25, -0.2) is 8.42 Å². The lowest BCUT2D eigenvalue weighted by atomic mass is 10.1. The Labute approximate surface area is 131 Å². The van der Waals surface area contributed by atoms with Crippen molar-refractivity contribution in [1.29, 1.82) is 0 Å². The molecule has 1 aliphatic rings. The summed E-state index contributed by atoms with van der Waals surface area (Å²) in [5.41, 5.74) is 6.96. The van der Waals surface area contributed by atoms with Gasteiger partial charge in [0.15, 0.2) is 0 Å². The van der Waals surface area contributed by atoms with E-state index in [1.165, 1.54) is 4.31 Å². The largest absolute Gasteiger partial charge is 0.389 e. The van der Waals surface area contributed by atoms with Crippen LogP contribution in [0, 0.1) is 0 Å². The zero-order chi connectivity index (χ0) is 15.5. The number of rotatable bonds is 4. The normalized spacial score (nSPS) is 20.9. The first-order valence-corrected chi connectivity index (χ1v) is 8.88. The van der Waals surface area contributed by atoms with E-state index in [2.05, 4.69) is 0 Å². The Morgan fingerprint density at radius 2 is 2.29 bits per heavy atom. The summed E-state index contributed by atoms with van der Waals surface area (Å²) >= 11 is 4.92. The smallest absolute Gasteiger partial charge is 0.218 e. The van der Waals surface area contributed by atoms with Gasteiger partial charge in [0.2, 0.25) is 10.0 Å². The van der Waals surface area contributed by atoms with Crippen molar-refractivity contribution in [3.05, 3.63) is 35.4 Å². The van der Waals surface area contributed by atoms with Gasteiger partial charge in [-0.1, -0.05) is 30.4 Å². The molecule has 7 heteroatoms. The standard InChI is InChI=1S/C14H20N2O3S2/c1-11-9-16(6-3-7-19-11)21(17,18)10-12-4-2-5-13(8-12)14(15)20/h2,4-5,8,11H,3,6-7,9-10H2,1H3,(H2,15,20). The van der Waals surface area contributed by atoms with Crippen molar-refractivity contribution in [2.75, 3.05) is 19.7 Å². The molecule has 2 rings (SSSR count). The highest BCUT2D eigenvalue weighted by Crippen LogP contribution is 2.16. The third-order valence-electron chi connectivity index (χ3n) is 3.37. The van der Waals surface area contributed by atoms with Crippen LogP contribution >= 0.6 is 12.2 Å². The minimum Gasteiger partial charge on any atom is -0.389 e. The molecule has 0 spiro atoms. The Morgan fingerprint density at radius 3 is 3.00 bits per heavy atom. The maximum Gasteiger partial charge on any atom is 0.218 e. The monoisotopic (exact) mass is 328 g/mol. The average molecular weight is 328 g/mol. The second-order valence-electron chi connectivity index (χ2n) is 5.21. The van der Waals surface area contributed by atoms with Crippen molar-refractivity contribution in [3.8, 4) is 0 Å². The Balaban J connectivity index is 2.16. The zero-order valence-corrected chi connectivity index (χ0v) is 13.6. The highest BCUT2D eigenvalue weighted by atomic mass is 32.2. The van der Waals surface area contributed by atoms with E-state index in [0.29, 0.717) is 30.8 Å². The van der Waals surface area contributed by atoms with Crippen LogP contribution in [-0.4, -0.2) is 43.5 Å². The average Bonchev–Trinajstić information content (AvgIpc) is 2.63. The molecule has 1 atom stereocenters. The van der Waals surface area contributed by atoms with Crippen molar-refractivity contribution >= 4 is 27.2 Å². The van der Waals surface area contributed by atoms with E-state index in [1.54, 1.807) is 24.3 Å². The topological polar surface area (TPSA) is 72.6 Å². The first-order chi connectivity index (χ1) is 9.88. The summed E-state index contributed by atoms with van der Waals surface area (Å²) in [6.07, 6.45) is 0.640. The minimum absolute atomic E-state index is 0.0455. The van der Waals surface area contributed by atoms with Crippen molar-refractivity contribution < 1.29 is 13.2 Å². The number of thiocarbonyl (C=S) groups is 1. The molecule has 1 fully saturated rings. The molecule has 1 aromatic rings. The number of hydrogen-bond acceptors (Lipinski definition) is 4. The minimum atomic E-state index is -3.37. The number of hydrogen-bond donors (Lipinski definition) is 1.